The highest BCUT2D eigenvalue weighted by molar-refractivity contribution is 14.1. The number of hydrogen-bond donors (Lipinski definition) is 1. The molecule has 316 valence electrons. The van der Waals surface area contributed by atoms with Crippen molar-refractivity contribution in [1.82, 2.24) is 9.97 Å². The number of sulfone groups is 1. The highest BCUT2D eigenvalue weighted by atomic mass is 127. The minimum atomic E-state index is -3.63. The van der Waals surface area contributed by atoms with Crippen LogP contribution in [0, 0.1) is 0 Å². The molecule has 2 aromatic carbocycles. The lowest BCUT2D eigenvalue weighted by molar-refractivity contribution is 0.298. The van der Waals surface area contributed by atoms with Gasteiger partial charge in [0.25, 0.3) is 0 Å². The maximum Gasteiger partial charge on any atom is 0.220 e. The normalized spacial score (nSPS) is 11.4. The van der Waals surface area contributed by atoms with Crippen LogP contribution in [0.15, 0.2) is 67.5 Å². The molecule has 0 aliphatic rings. The van der Waals surface area contributed by atoms with Gasteiger partial charge in [-0.15, -0.1) is 23.2 Å². The Morgan fingerprint density at radius 2 is 1.16 bits per heavy atom. The second kappa shape index (κ2) is 28.1. The monoisotopic (exact) mass is 1190 g/mol. The third-order valence-electron chi connectivity index (χ3n) is 6.80. The Balaban J connectivity index is 0.000000355. The molecule has 0 radical (unpaired) electrons. The molecule has 21 heteroatoms. The lowest BCUT2D eigenvalue weighted by atomic mass is 10.3. The van der Waals surface area contributed by atoms with Crippen molar-refractivity contribution in [2.75, 3.05) is 35.2 Å². The van der Waals surface area contributed by atoms with E-state index in [2.05, 4.69) is 64.4 Å². The van der Waals surface area contributed by atoms with E-state index in [-0.39, 0.29) is 76.3 Å². The van der Waals surface area contributed by atoms with Crippen molar-refractivity contribution >= 4 is 145 Å². The molecule has 1 atom stereocenters. The zero-order valence-corrected chi connectivity index (χ0v) is 42.0. The van der Waals surface area contributed by atoms with Gasteiger partial charge in [-0.05, 0) is 49.9 Å². The smallest absolute Gasteiger partial charge is 0.220 e. The van der Waals surface area contributed by atoms with Gasteiger partial charge in [-0.3, -0.25) is 0 Å². The third-order valence-corrected chi connectivity index (χ3v) is 12.6. The molecule has 0 amide bonds. The summed E-state index contributed by atoms with van der Waals surface area (Å²) >= 11 is 42.1. The van der Waals surface area contributed by atoms with Crippen molar-refractivity contribution in [1.29, 1.82) is 0 Å². The number of aromatic nitrogens is 2. The van der Waals surface area contributed by atoms with Crippen molar-refractivity contribution in [3.8, 4) is 34.8 Å². The Hall–Kier alpha value is -0.570. The predicted octanol–water partition coefficient (Wildman–Crippen LogP) is 14.3. The molecule has 1 N–H and O–H groups in total. The van der Waals surface area contributed by atoms with Gasteiger partial charge in [-0.25, -0.2) is 22.6 Å². The number of nitrogens with zero attached hydrogens (tertiary/aromatic N) is 2. The second-order valence-corrected chi connectivity index (χ2v) is 19.6. The highest BCUT2D eigenvalue weighted by Crippen LogP contribution is 2.41. The summed E-state index contributed by atoms with van der Waals surface area (Å²) < 4.78 is 71.4. The molecule has 0 saturated heterocycles. The highest BCUT2D eigenvalue weighted by Gasteiger charge is 2.23. The molecule has 2 aromatic heterocycles. The fraction of sp³-hybridized carbons (Fsp3) is 0.389. The van der Waals surface area contributed by atoms with Gasteiger partial charge in [0.1, 0.15) is 9.79 Å². The van der Waals surface area contributed by atoms with Gasteiger partial charge >= 0.3 is 0 Å². The van der Waals surface area contributed by atoms with Crippen molar-refractivity contribution in [3.05, 3.63) is 77.8 Å². The van der Waals surface area contributed by atoms with E-state index in [1.807, 2.05) is 13.8 Å². The summed E-state index contributed by atoms with van der Waals surface area (Å²) in [5.74, 6) is 1.88. The number of pyridine rings is 2. The van der Waals surface area contributed by atoms with E-state index in [0.717, 1.165) is 38.0 Å². The van der Waals surface area contributed by atoms with Crippen LogP contribution in [0.4, 0.5) is 0 Å². The van der Waals surface area contributed by atoms with Crippen LogP contribution in [0.2, 0.25) is 20.1 Å². The quantitative estimate of drug-likeness (QED) is 0.0418. The summed E-state index contributed by atoms with van der Waals surface area (Å²) in [6.45, 7) is 4.87. The lowest BCUT2D eigenvalue weighted by Crippen LogP contribution is -2.11. The Bertz CT molecular complexity index is 1980. The number of hydrogen-bond acceptors (Lipinski definition) is 9. The van der Waals surface area contributed by atoms with Gasteiger partial charge in [0.2, 0.25) is 11.8 Å². The van der Waals surface area contributed by atoms with E-state index in [1.54, 1.807) is 24.3 Å². The molecule has 0 saturated carbocycles. The minimum Gasteiger partial charge on any atom is -0.491 e. The molecule has 0 aliphatic carbocycles. The van der Waals surface area contributed by atoms with Crippen LogP contribution in [-0.2, 0) is 20.9 Å². The van der Waals surface area contributed by atoms with E-state index in [1.165, 1.54) is 29.0 Å². The van der Waals surface area contributed by atoms with E-state index >= 15 is 0 Å². The van der Waals surface area contributed by atoms with Crippen LogP contribution < -0.4 is 18.9 Å². The molecule has 0 aliphatic heterocycles. The Morgan fingerprint density at radius 1 is 0.719 bits per heavy atom. The molecule has 4 rings (SSSR count). The molecule has 1 unspecified atom stereocenters. The van der Waals surface area contributed by atoms with E-state index in [0.29, 0.717) is 28.6 Å². The van der Waals surface area contributed by atoms with Crippen molar-refractivity contribution in [2.45, 2.75) is 62.2 Å². The van der Waals surface area contributed by atoms with Crippen LogP contribution in [-0.4, -0.2) is 62.3 Å². The van der Waals surface area contributed by atoms with Crippen LogP contribution in [0.1, 0.15) is 52.4 Å². The molecule has 0 spiro atoms. The Morgan fingerprint density at radius 3 is 1.56 bits per heavy atom. The molecular weight excluding hydrogens is 1150 g/mol. The summed E-state index contributed by atoms with van der Waals surface area (Å²) in [4.78, 5) is 8.30. The number of benzene rings is 2. The first-order valence-corrected chi connectivity index (χ1v) is 25.5. The van der Waals surface area contributed by atoms with Crippen LogP contribution in [0.3, 0.4) is 0 Å². The number of rotatable bonds is 19. The third kappa shape index (κ3) is 18.5. The fourth-order valence-corrected chi connectivity index (χ4v) is 9.80. The van der Waals surface area contributed by atoms with E-state index in [4.69, 9.17) is 88.6 Å². The number of ether oxygens (including phenoxy) is 4. The Kier molecular flexibility index (Phi) is 25.9. The molecule has 0 bridgehead atoms. The molecule has 4 aromatic rings. The first kappa shape index (κ1) is 52.6. The van der Waals surface area contributed by atoms with Crippen LogP contribution in [0.5, 0.6) is 34.8 Å². The zero-order chi connectivity index (χ0) is 42.5. The predicted molar refractivity (Wildman–Crippen MR) is 248 cm³/mol. The maximum absolute atomic E-state index is 12.7. The molecular formula is C36H39Br2Cl6IN2O8S2. The van der Waals surface area contributed by atoms with Gasteiger partial charge in [-0.2, -0.15) is 0 Å². The van der Waals surface area contributed by atoms with Crippen molar-refractivity contribution < 1.29 is 36.1 Å². The molecule has 0 fully saturated rings. The molecule has 2 heterocycles. The average molecular weight is 1190 g/mol. The topological polar surface area (TPSA) is 134 Å². The summed E-state index contributed by atoms with van der Waals surface area (Å²) in [6, 6.07) is 9.12. The first-order valence-electron chi connectivity index (χ1n) is 17.0. The summed E-state index contributed by atoms with van der Waals surface area (Å²) in [5, 5.41) is 1.09. The van der Waals surface area contributed by atoms with Gasteiger partial charge in [0.15, 0.2) is 43.9 Å². The SMILES string of the molecule is CCCCOc1cnc(Oc2c(Cl)cc(Br)cc2Cl)cc1S(=O)(=O)CCCCl.CCCCOc1cnc(Oc2c(Cl)cc(Br)cc2Cl)cc1S(=O)O.ClCCCI. The lowest BCUT2D eigenvalue weighted by Gasteiger charge is -2.14. The standard InChI is InChI=1S/C18H19BrCl3NO4S.C15H14BrCl2NO4S.C3H6ClI/c1-2-3-6-26-15-11-23-17(10-16(15)28(24,25)7-4-5-20)27-18-13(21)8-12(19)9-14(18)22;1-2-3-4-22-12-8-19-14(7-13(12)24(20)21)23-15-10(17)5-9(16)6-11(15)18;4-2-1-3-5/h8-11H,2-7H2,1H3;5-8H,2-4H2,1H3,(H,20,21);1-3H2. The molecule has 57 heavy (non-hydrogen) atoms. The zero-order valence-electron chi connectivity index (χ0n) is 30.5. The summed E-state index contributed by atoms with van der Waals surface area (Å²) in [6.07, 6.45) is 7.64. The molecule has 10 nitrogen and oxygen atoms in total. The summed E-state index contributed by atoms with van der Waals surface area (Å²) in [7, 11) is -3.63. The van der Waals surface area contributed by atoms with E-state index < -0.39 is 20.9 Å². The van der Waals surface area contributed by atoms with Gasteiger partial charge in [0.05, 0.1) is 51.5 Å². The first-order chi connectivity index (χ1) is 27.1. The van der Waals surface area contributed by atoms with Gasteiger partial charge in [0, 0.05) is 37.3 Å². The second-order valence-electron chi connectivity index (χ2n) is 11.3. The Labute approximate surface area is 396 Å². The van der Waals surface area contributed by atoms with Crippen molar-refractivity contribution in [2.24, 2.45) is 0 Å². The number of halogens is 9. The van der Waals surface area contributed by atoms with Crippen molar-refractivity contribution in [3.63, 3.8) is 0 Å². The van der Waals surface area contributed by atoms with Crippen LogP contribution in [0.25, 0.3) is 0 Å². The van der Waals surface area contributed by atoms with Gasteiger partial charge in [-0.1, -0.05) is 128 Å². The summed E-state index contributed by atoms with van der Waals surface area (Å²) in [5.41, 5.74) is 0. The number of unbranched alkanes of at least 4 members (excludes halogenated alkanes) is 2. The van der Waals surface area contributed by atoms with E-state index in [9.17, 15) is 17.2 Å². The van der Waals surface area contributed by atoms with Gasteiger partial charge < -0.3 is 23.5 Å². The largest absolute Gasteiger partial charge is 0.491 e. The fourth-order valence-electron chi connectivity index (χ4n) is 4.04. The van der Waals surface area contributed by atoms with Crippen LogP contribution >= 0.6 is 124 Å². The average Bonchev–Trinajstić information content (AvgIpc) is 3.15. The number of alkyl halides is 3. The maximum atomic E-state index is 12.7. The minimum absolute atomic E-state index is 0.00285.